The third-order valence-corrected chi connectivity index (χ3v) is 4.38. The van der Waals surface area contributed by atoms with Crippen molar-refractivity contribution in [3.8, 4) is 0 Å². The van der Waals surface area contributed by atoms with Crippen LogP contribution in [0.15, 0.2) is 12.2 Å². The second-order valence-electron chi connectivity index (χ2n) is 6.38. The highest BCUT2D eigenvalue weighted by Crippen LogP contribution is 2.21. The van der Waals surface area contributed by atoms with Crippen LogP contribution in [0.25, 0.3) is 0 Å². The SMILES string of the molecule is CN(C)C(=O)C[C@H]1CN(C(=O)/C=C/CN2CCOCC2)C[C@@H]1O. The van der Waals surface area contributed by atoms with Crippen molar-refractivity contribution in [2.45, 2.75) is 12.5 Å². The van der Waals surface area contributed by atoms with Gasteiger partial charge in [0.15, 0.2) is 0 Å². The molecule has 2 fully saturated rings. The van der Waals surface area contributed by atoms with Crippen molar-refractivity contribution in [1.29, 1.82) is 0 Å². The van der Waals surface area contributed by atoms with Gasteiger partial charge in [-0.05, 0) is 0 Å². The van der Waals surface area contributed by atoms with E-state index in [0.29, 0.717) is 13.1 Å². The van der Waals surface area contributed by atoms with Crippen LogP contribution >= 0.6 is 0 Å². The first-order valence-electron chi connectivity index (χ1n) is 8.11. The van der Waals surface area contributed by atoms with Gasteiger partial charge in [0.2, 0.25) is 11.8 Å². The van der Waals surface area contributed by atoms with Gasteiger partial charge in [0, 0.05) is 65.2 Å². The van der Waals surface area contributed by atoms with Gasteiger partial charge < -0.3 is 19.6 Å². The topological polar surface area (TPSA) is 73.3 Å². The standard InChI is InChI=1S/C16H27N3O4/c1-17(2)16(22)10-13-11-19(12-14(13)20)15(21)4-3-5-18-6-8-23-9-7-18/h3-4,13-14,20H,5-12H2,1-2H3/b4-3+/t13-,14-/m0/s1. The number of aliphatic hydroxyl groups is 1. The number of aliphatic hydroxyl groups excluding tert-OH is 1. The van der Waals surface area contributed by atoms with Crippen LogP contribution in [-0.4, -0.2) is 97.8 Å². The summed E-state index contributed by atoms with van der Waals surface area (Å²) in [5.41, 5.74) is 0. The lowest BCUT2D eigenvalue weighted by Crippen LogP contribution is -2.36. The monoisotopic (exact) mass is 325 g/mol. The molecule has 0 unspecified atom stereocenters. The summed E-state index contributed by atoms with van der Waals surface area (Å²) >= 11 is 0. The normalized spacial score (nSPS) is 26.0. The van der Waals surface area contributed by atoms with Crippen LogP contribution in [-0.2, 0) is 14.3 Å². The van der Waals surface area contributed by atoms with Crippen LogP contribution in [0.3, 0.4) is 0 Å². The first-order chi connectivity index (χ1) is 11.0. The molecule has 7 heteroatoms. The summed E-state index contributed by atoms with van der Waals surface area (Å²) < 4.78 is 5.28. The molecule has 0 aliphatic carbocycles. The maximum atomic E-state index is 12.2. The fraction of sp³-hybridized carbons (Fsp3) is 0.750. The van der Waals surface area contributed by atoms with Gasteiger partial charge in [-0.15, -0.1) is 0 Å². The number of likely N-dealkylation sites (tertiary alicyclic amines) is 1. The number of ether oxygens (including phenoxy) is 1. The Bertz CT molecular complexity index is 447. The van der Waals surface area contributed by atoms with Gasteiger partial charge in [-0.2, -0.15) is 0 Å². The van der Waals surface area contributed by atoms with Crippen molar-refractivity contribution >= 4 is 11.8 Å². The number of nitrogens with zero attached hydrogens (tertiary/aromatic N) is 3. The Balaban J connectivity index is 1.77. The van der Waals surface area contributed by atoms with Crippen LogP contribution in [0.1, 0.15) is 6.42 Å². The predicted molar refractivity (Wildman–Crippen MR) is 85.8 cm³/mol. The summed E-state index contributed by atoms with van der Waals surface area (Å²) in [6, 6.07) is 0. The minimum Gasteiger partial charge on any atom is -0.391 e. The van der Waals surface area contributed by atoms with Crippen LogP contribution in [0.2, 0.25) is 0 Å². The molecule has 2 heterocycles. The van der Waals surface area contributed by atoms with Crippen LogP contribution in [0, 0.1) is 5.92 Å². The zero-order valence-electron chi connectivity index (χ0n) is 14.0. The average Bonchev–Trinajstić information content (AvgIpc) is 2.89. The fourth-order valence-electron chi connectivity index (χ4n) is 2.83. The van der Waals surface area contributed by atoms with Crippen molar-refractivity contribution in [2.75, 3.05) is 60.0 Å². The molecule has 0 aromatic carbocycles. The zero-order chi connectivity index (χ0) is 16.8. The first-order valence-corrected chi connectivity index (χ1v) is 8.11. The Morgan fingerprint density at radius 1 is 1.26 bits per heavy atom. The van der Waals surface area contributed by atoms with Gasteiger partial charge >= 0.3 is 0 Å². The van der Waals surface area contributed by atoms with E-state index in [2.05, 4.69) is 4.90 Å². The highest BCUT2D eigenvalue weighted by molar-refractivity contribution is 5.88. The summed E-state index contributed by atoms with van der Waals surface area (Å²) in [6.45, 7) is 4.70. The molecule has 2 aliphatic rings. The average molecular weight is 325 g/mol. The summed E-state index contributed by atoms with van der Waals surface area (Å²) in [7, 11) is 3.39. The molecule has 0 aromatic heterocycles. The van der Waals surface area contributed by atoms with Gasteiger partial charge in [0.05, 0.1) is 19.3 Å². The molecule has 0 saturated carbocycles. The van der Waals surface area contributed by atoms with E-state index in [9.17, 15) is 14.7 Å². The summed E-state index contributed by atoms with van der Waals surface area (Å²) in [4.78, 5) is 29.3. The van der Waals surface area contributed by atoms with Crippen molar-refractivity contribution in [1.82, 2.24) is 14.7 Å². The smallest absolute Gasteiger partial charge is 0.246 e. The molecule has 2 rings (SSSR count). The Morgan fingerprint density at radius 3 is 2.61 bits per heavy atom. The molecule has 1 N–H and O–H groups in total. The zero-order valence-corrected chi connectivity index (χ0v) is 14.0. The first kappa shape index (κ1) is 17.9. The number of rotatable bonds is 5. The number of carbonyl (C=O) groups excluding carboxylic acids is 2. The largest absolute Gasteiger partial charge is 0.391 e. The van der Waals surface area contributed by atoms with E-state index in [1.165, 1.54) is 4.90 Å². The molecule has 0 radical (unpaired) electrons. The molecule has 2 amide bonds. The van der Waals surface area contributed by atoms with Gasteiger partial charge in [0.25, 0.3) is 0 Å². The molecule has 2 saturated heterocycles. The Hall–Kier alpha value is -1.44. The number of carbonyl (C=O) groups is 2. The lowest BCUT2D eigenvalue weighted by atomic mass is 10.0. The second kappa shape index (κ2) is 8.42. The summed E-state index contributed by atoms with van der Waals surface area (Å²) in [5.74, 6) is -0.301. The number of hydrogen-bond acceptors (Lipinski definition) is 5. The van der Waals surface area contributed by atoms with E-state index >= 15 is 0 Å². The fourth-order valence-corrected chi connectivity index (χ4v) is 2.83. The minimum absolute atomic E-state index is 0.0220. The Labute approximate surface area is 137 Å². The molecular weight excluding hydrogens is 298 g/mol. The number of morpholine rings is 1. The summed E-state index contributed by atoms with van der Waals surface area (Å²) in [6.07, 6.45) is 3.07. The lowest BCUT2D eigenvalue weighted by Gasteiger charge is -2.25. The maximum absolute atomic E-state index is 12.2. The third kappa shape index (κ3) is 5.30. The summed E-state index contributed by atoms with van der Waals surface area (Å²) in [5, 5.41) is 10.1. The molecule has 23 heavy (non-hydrogen) atoms. The molecule has 0 spiro atoms. The second-order valence-corrected chi connectivity index (χ2v) is 6.38. The highest BCUT2D eigenvalue weighted by atomic mass is 16.5. The molecular formula is C16H27N3O4. The van der Waals surface area contributed by atoms with Gasteiger partial charge in [-0.3, -0.25) is 14.5 Å². The Morgan fingerprint density at radius 2 is 1.96 bits per heavy atom. The third-order valence-electron chi connectivity index (χ3n) is 4.38. The van der Waals surface area contributed by atoms with E-state index in [1.54, 1.807) is 25.1 Å². The molecule has 0 aromatic rings. The Kier molecular flexibility index (Phi) is 6.56. The van der Waals surface area contributed by atoms with Crippen LogP contribution in [0.5, 0.6) is 0 Å². The van der Waals surface area contributed by atoms with Crippen molar-refractivity contribution < 1.29 is 19.4 Å². The lowest BCUT2D eigenvalue weighted by molar-refractivity contribution is -0.130. The van der Waals surface area contributed by atoms with Gasteiger partial charge in [0.1, 0.15) is 0 Å². The van der Waals surface area contributed by atoms with Crippen molar-refractivity contribution in [3.63, 3.8) is 0 Å². The van der Waals surface area contributed by atoms with E-state index in [-0.39, 0.29) is 24.2 Å². The molecule has 2 aliphatic heterocycles. The van der Waals surface area contributed by atoms with Crippen LogP contribution in [0.4, 0.5) is 0 Å². The van der Waals surface area contributed by atoms with Crippen molar-refractivity contribution in [3.05, 3.63) is 12.2 Å². The van der Waals surface area contributed by atoms with Crippen molar-refractivity contribution in [2.24, 2.45) is 5.92 Å². The maximum Gasteiger partial charge on any atom is 0.246 e. The molecule has 7 nitrogen and oxygen atoms in total. The number of amides is 2. The quantitative estimate of drug-likeness (QED) is 0.668. The highest BCUT2D eigenvalue weighted by Gasteiger charge is 2.34. The van der Waals surface area contributed by atoms with E-state index in [4.69, 9.17) is 4.74 Å². The number of β-amino-alcohol motifs (C(OH)–C–C–N with tert-alkyl or cyclic N) is 1. The van der Waals surface area contributed by atoms with E-state index < -0.39 is 6.10 Å². The molecule has 2 atom stereocenters. The van der Waals surface area contributed by atoms with Crippen LogP contribution < -0.4 is 0 Å². The molecule has 0 bridgehead atoms. The predicted octanol–water partition coefficient (Wildman–Crippen LogP) is -0.828. The van der Waals surface area contributed by atoms with E-state index in [0.717, 1.165) is 32.8 Å². The van der Waals surface area contributed by atoms with Gasteiger partial charge in [-0.1, -0.05) is 6.08 Å². The molecule has 130 valence electrons. The minimum atomic E-state index is -0.629. The van der Waals surface area contributed by atoms with E-state index in [1.807, 2.05) is 6.08 Å². The number of hydrogen-bond donors (Lipinski definition) is 1. The van der Waals surface area contributed by atoms with Gasteiger partial charge in [-0.25, -0.2) is 0 Å².